The number of ether oxygens (including phenoxy) is 1. The number of nitrogens with zero attached hydrogens (tertiary/aromatic N) is 1. The zero-order chi connectivity index (χ0) is 10.4. The van der Waals surface area contributed by atoms with Crippen LogP contribution in [0.15, 0.2) is 29.3 Å². The van der Waals surface area contributed by atoms with Crippen molar-refractivity contribution in [2.75, 3.05) is 6.54 Å². The van der Waals surface area contributed by atoms with Crippen molar-refractivity contribution in [3.05, 3.63) is 24.3 Å². The fourth-order valence-corrected chi connectivity index (χ4v) is 0.992. The first-order valence-electron chi connectivity index (χ1n) is 4.21. The third kappa shape index (κ3) is 3.29. The molecule has 1 aromatic carbocycles. The van der Waals surface area contributed by atoms with Gasteiger partial charge in [0, 0.05) is 6.07 Å². The van der Waals surface area contributed by atoms with Crippen LogP contribution < -0.4 is 4.74 Å². The number of aromatic hydroxyl groups is 1. The number of hydrogen-bond acceptors (Lipinski definition) is 4. The lowest BCUT2D eigenvalue weighted by Gasteiger charge is -2.11. The highest BCUT2D eigenvalue weighted by Gasteiger charge is 2.02. The topological polar surface area (TPSA) is 58.9 Å². The highest BCUT2D eigenvalue weighted by molar-refractivity contribution is 5.33. The Hall–Kier alpha value is -1.80. The third-order valence-corrected chi connectivity index (χ3v) is 1.57. The highest BCUT2D eigenvalue weighted by Crippen LogP contribution is 2.18. The standard InChI is InChI=1S/C10H11NO3/c1-8(6-11-7-12)14-10-4-2-3-9(13)5-10/h2-5,8,13H,6H2,1H3. The van der Waals surface area contributed by atoms with Crippen LogP contribution in [0.4, 0.5) is 0 Å². The molecule has 0 aliphatic rings. The maximum absolute atomic E-state index is 9.83. The third-order valence-electron chi connectivity index (χ3n) is 1.57. The van der Waals surface area contributed by atoms with E-state index in [0.29, 0.717) is 5.75 Å². The Balaban J connectivity index is 2.55. The van der Waals surface area contributed by atoms with Crippen molar-refractivity contribution in [2.45, 2.75) is 13.0 Å². The molecule has 0 heterocycles. The molecule has 0 saturated carbocycles. The van der Waals surface area contributed by atoms with Crippen LogP contribution in [0, 0.1) is 0 Å². The Kier molecular flexibility index (Phi) is 3.70. The molecule has 4 heteroatoms. The second kappa shape index (κ2) is 5.04. The van der Waals surface area contributed by atoms with Crippen LogP contribution in [0.25, 0.3) is 0 Å². The van der Waals surface area contributed by atoms with Gasteiger partial charge in [0.2, 0.25) is 6.08 Å². The molecule has 1 N–H and O–H groups in total. The Morgan fingerprint density at radius 2 is 2.43 bits per heavy atom. The fraction of sp³-hybridized carbons (Fsp3) is 0.300. The zero-order valence-corrected chi connectivity index (χ0v) is 7.80. The van der Waals surface area contributed by atoms with Crippen LogP contribution in [0.3, 0.4) is 0 Å². The summed E-state index contributed by atoms with van der Waals surface area (Å²) in [5.74, 6) is 0.701. The Morgan fingerprint density at radius 1 is 1.64 bits per heavy atom. The second-order valence-corrected chi connectivity index (χ2v) is 2.86. The van der Waals surface area contributed by atoms with Crippen LogP contribution in [0.5, 0.6) is 11.5 Å². The second-order valence-electron chi connectivity index (χ2n) is 2.86. The van der Waals surface area contributed by atoms with E-state index < -0.39 is 0 Å². The van der Waals surface area contributed by atoms with Gasteiger partial charge in [0.1, 0.15) is 17.6 Å². The lowest BCUT2D eigenvalue weighted by Crippen LogP contribution is -2.15. The smallest absolute Gasteiger partial charge is 0.235 e. The van der Waals surface area contributed by atoms with Crippen LogP contribution >= 0.6 is 0 Å². The number of aliphatic imine (C=N–C) groups is 1. The number of phenolic OH excluding ortho intramolecular Hbond substituents is 1. The minimum absolute atomic E-state index is 0.147. The molecule has 1 rings (SSSR count). The number of isocyanates is 1. The van der Waals surface area contributed by atoms with Gasteiger partial charge in [-0.3, -0.25) is 0 Å². The first-order chi connectivity index (χ1) is 6.72. The van der Waals surface area contributed by atoms with Crippen LogP contribution in [-0.4, -0.2) is 23.8 Å². The number of benzene rings is 1. The maximum atomic E-state index is 9.83. The van der Waals surface area contributed by atoms with Crippen molar-refractivity contribution >= 4 is 6.08 Å². The quantitative estimate of drug-likeness (QED) is 0.582. The molecule has 0 saturated heterocycles. The molecule has 1 aromatic rings. The Labute approximate surface area is 81.9 Å². The Morgan fingerprint density at radius 3 is 3.07 bits per heavy atom. The van der Waals surface area contributed by atoms with E-state index in [1.807, 2.05) is 0 Å². The molecule has 0 radical (unpaired) electrons. The summed E-state index contributed by atoms with van der Waals surface area (Å²) >= 11 is 0. The summed E-state index contributed by atoms with van der Waals surface area (Å²) in [6, 6.07) is 6.46. The zero-order valence-electron chi connectivity index (χ0n) is 7.80. The first-order valence-corrected chi connectivity index (χ1v) is 4.21. The average Bonchev–Trinajstić information content (AvgIpc) is 2.15. The van der Waals surface area contributed by atoms with E-state index in [1.165, 1.54) is 12.1 Å². The first kappa shape index (κ1) is 10.3. The van der Waals surface area contributed by atoms with Crippen molar-refractivity contribution in [1.82, 2.24) is 0 Å². The lowest BCUT2D eigenvalue weighted by molar-refractivity contribution is 0.229. The van der Waals surface area contributed by atoms with Gasteiger partial charge in [-0.1, -0.05) is 6.07 Å². The fourth-order valence-electron chi connectivity index (χ4n) is 0.992. The molecular formula is C10H11NO3. The van der Waals surface area contributed by atoms with Gasteiger partial charge in [-0.25, -0.2) is 9.79 Å². The van der Waals surface area contributed by atoms with Crippen LogP contribution in [0.2, 0.25) is 0 Å². The van der Waals surface area contributed by atoms with Gasteiger partial charge in [-0.05, 0) is 19.1 Å². The molecule has 0 spiro atoms. The molecule has 0 amide bonds. The minimum Gasteiger partial charge on any atom is -0.508 e. The van der Waals surface area contributed by atoms with Crippen molar-refractivity contribution < 1.29 is 14.6 Å². The summed E-state index contributed by atoms with van der Waals surface area (Å²) < 4.78 is 5.36. The normalized spacial score (nSPS) is 11.5. The van der Waals surface area contributed by atoms with Gasteiger partial charge >= 0.3 is 0 Å². The van der Waals surface area contributed by atoms with Crippen molar-refractivity contribution in [2.24, 2.45) is 4.99 Å². The summed E-state index contributed by atoms with van der Waals surface area (Å²) in [5, 5.41) is 9.14. The number of hydrogen-bond donors (Lipinski definition) is 1. The molecule has 0 bridgehead atoms. The van der Waals surface area contributed by atoms with Gasteiger partial charge in [0.25, 0.3) is 0 Å². The SMILES string of the molecule is CC(CN=C=O)Oc1cccc(O)c1. The van der Waals surface area contributed by atoms with Crippen LogP contribution in [-0.2, 0) is 4.79 Å². The molecular weight excluding hydrogens is 182 g/mol. The summed E-state index contributed by atoms with van der Waals surface area (Å²) in [6.45, 7) is 2.05. The van der Waals surface area contributed by atoms with Gasteiger partial charge in [0.05, 0.1) is 6.54 Å². The number of rotatable bonds is 4. The van der Waals surface area contributed by atoms with Crippen molar-refractivity contribution in [3.63, 3.8) is 0 Å². The number of carbonyl (C=O) groups excluding carboxylic acids is 1. The predicted octanol–water partition coefficient (Wildman–Crippen LogP) is 1.50. The molecule has 0 fully saturated rings. The molecule has 0 aliphatic heterocycles. The molecule has 1 unspecified atom stereocenters. The summed E-state index contributed by atoms with van der Waals surface area (Å²) in [5.41, 5.74) is 0. The Bertz CT molecular complexity index is 345. The lowest BCUT2D eigenvalue weighted by atomic mass is 10.3. The molecule has 1 atom stereocenters. The molecule has 0 aliphatic carbocycles. The van der Waals surface area contributed by atoms with Crippen molar-refractivity contribution in [1.29, 1.82) is 0 Å². The van der Waals surface area contributed by atoms with Gasteiger partial charge in [-0.15, -0.1) is 0 Å². The van der Waals surface area contributed by atoms with E-state index in [2.05, 4.69) is 4.99 Å². The molecule has 74 valence electrons. The molecule has 4 nitrogen and oxygen atoms in total. The maximum Gasteiger partial charge on any atom is 0.235 e. The molecule has 14 heavy (non-hydrogen) atoms. The van der Waals surface area contributed by atoms with E-state index in [4.69, 9.17) is 9.84 Å². The monoisotopic (exact) mass is 193 g/mol. The predicted molar refractivity (Wildman–Crippen MR) is 51.2 cm³/mol. The van der Waals surface area contributed by atoms with Gasteiger partial charge in [-0.2, -0.15) is 0 Å². The van der Waals surface area contributed by atoms with Crippen molar-refractivity contribution in [3.8, 4) is 11.5 Å². The summed E-state index contributed by atoms with van der Waals surface area (Å²) in [7, 11) is 0. The molecule has 0 aromatic heterocycles. The average molecular weight is 193 g/mol. The van der Waals surface area contributed by atoms with Gasteiger partial charge < -0.3 is 9.84 Å². The minimum atomic E-state index is -0.210. The highest BCUT2D eigenvalue weighted by atomic mass is 16.5. The van der Waals surface area contributed by atoms with E-state index in [9.17, 15) is 4.79 Å². The summed E-state index contributed by atoms with van der Waals surface area (Å²) in [6.07, 6.45) is 1.23. The summed E-state index contributed by atoms with van der Waals surface area (Å²) in [4.78, 5) is 13.2. The van der Waals surface area contributed by atoms with Gasteiger partial charge in [0.15, 0.2) is 0 Å². The van der Waals surface area contributed by atoms with Crippen LogP contribution in [0.1, 0.15) is 6.92 Å². The van der Waals surface area contributed by atoms with E-state index in [-0.39, 0.29) is 18.4 Å². The largest absolute Gasteiger partial charge is 0.508 e. The van der Waals surface area contributed by atoms with E-state index >= 15 is 0 Å². The number of phenols is 1. The van der Waals surface area contributed by atoms with E-state index in [0.717, 1.165) is 0 Å². The van der Waals surface area contributed by atoms with E-state index in [1.54, 1.807) is 25.1 Å².